The van der Waals surface area contributed by atoms with Crippen molar-refractivity contribution in [2.45, 2.75) is 51.0 Å². The molecule has 0 saturated heterocycles. The van der Waals surface area contributed by atoms with Gasteiger partial charge in [0.15, 0.2) is 0 Å². The third kappa shape index (κ3) is 1.65. The second-order valence-electron chi connectivity index (χ2n) is 6.47. The van der Waals surface area contributed by atoms with Gasteiger partial charge in [0, 0.05) is 12.3 Å². The standard InChI is InChI=1S/C13H20O3/c1-9(14)16-8-12-3-10-2-11(4-12)6-13(15,5-10)7-12/h10-11,15H,2-8H2,1H3/t10-,11+,12?,13?. The van der Waals surface area contributed by atoms with Crippen LogP contribution in [0.2, 0.25) is 0 Å². The summed E-state index contributed by atoms with van der Waals surface area (Å²) in [5.74, 6) is 1.14. The molecule has 4 rings (SSSR count). The summed E-state index contributed by atoms with van der Waals surface area (Å²) in [7, 11) is 0. The Kier molecular flexibility index (Phi) is 2.13. The van der Waals surface area contributed by atoms with Gasteiger partial charge in [-0.1, -0.05) is 0 Å². The van der Waals surface area contributed by atoms with Crippen molar-refractivity contribution >= 4 is 5.97 Å². The van der Waals surface area contributed by atoms with Crippen molar-refractivity contribution in [3.8, 4) is 0 Å². The van der Waals surface area contributed by atoms with Gasteiger partial charge in [0.25, 0.3) is 0 Å². The normalized spacial score (nSPS) is 49.4. The van der Waals surface area contributed by atoms with E-state index in [0.29, 0.717) is 18.4 Å². The van der Waals surface area contributed by atoms with E-state index >= 15 is 0 Å². The van der Waals surface area contributed by atoms with Crippen LogP contribution < -0.4 is 0 Å². The second kappa shape index (κ2) is 3.22. The Morgan fingerprint density at radius 1 is 1.31 bits per heavy atom. The lowest BCUT2D eigenvalue weighted by molar-refractivity contribution is -0.185. The molecule has 1 N–H and O–H groups in total. The summed E-state index contributed by atoms with van der Waals surface area (Å²) in [4.78, 5) is 10.9. The first-order valence-electron chi connectivity index (χ1n) is 6.34. The van der Waals surface area contributed by atoms with Gasteiger partial charge >= 0.3 is 5.97 Å². The Morgan fingerprint density at radius 3 is 2.44 bits per heavy atom. The van der Waals surface area contributed by atoms with Gasteiger partial charge in [0.1, 0.15) is 0 Å². The Labute approximate surface area is 96.2 Å². The molecule has 4 aliphatic carbocycles. The van der Waals surface area contributed by atoms with Crippen LogP contribution in [0, 0.1) is 17.3 Å². The van der Waals surface area contributed by atoms with Gasteiger partial charge in [-0.3, -0.25) is 4.79 Å². The van der Waals surface area contributed by atoms with Crippen molar-refractivity contribution in [2.24, 2.45) is 17.3 Å². The summed E-state index contributed by atoms with van der Waals surface area (Å²) in [5.41, 5.74) is -0.339. The fourth-order valence-electron chi connectivity index (χ4n) is 4.83. The molecule has 0 amide bonds. The Balaban J connectivity index is 1.78. The lowest BCUT2D eigenvalue weighted by atomic mass is 9.48. The van der Waals surface area contributed by atoms with Crippen LogP contribution in [-0.2, 0) is 9.53 Å². The lowest BCUT2D eigenvalue weighted by Crippen LogP contribution is -2.57. The first kappa shape index (κ1) is 10.6. The second-order valence-corrected chi connectivity index (χ2v) is 6.47. The van der Waals surface area contributed by atoms with E-state index in [1.54, 1.807) is 0 Å². The molecule has 0 aromatic heterocycles. The van der Waals surface area contributed by atoms with Gasteiger partial charge in [-0.15, -0.1) is 0 Å². The zero-order valence-electron chi connectivity index (χ0n) is 9.87. The smallest absolute Gasteiger partial charge is 0.302 e. The van der Waals surface area contributed by atoms with Gasteiger partial charge in [-0.25, -0.2) is 0 Å². The van der Waals surface area contributed by atoms with Crippen LogP contribution in [0.4, 0.5) is 0 Å². The maximum Gasteiger partial charge on any atom is 0.302 e. The van der Waals surface area contributed by atoms with Crippen molar-refractivity contribution in [2.75, 3.05) is 6.61 Å². The van der Waals surface area contributed by atoms with Gasteiger partial charge in [0.05, 0.1) is 12.2 Å². The highest BCUT2D eigenvalue weighted by Gasteiger charge is 2.57. The average molecular weight is 224 g/mol. The summed E-state index contributed by atoms with van der Waals surface area (Å²) < 4.78 is 5.22. The van der Waals surface area contributed by atoms with Gasteiger partial charge in [0.2, 0.25) is 0 Å². The molecule has 3 heteroatoms. The number of hydrogen-bond donors (Lipinski definition) is 1. The number of hydrogen-bond acceptors (Lipinski definition) is 3. The lowest BCUT2D eigenvalue weighted by Gasteiger charge is -2.59. The summed E-state index contributed by atoms with van der Waals surface area (Å²) in [5, 5.41) is 10.5. The first-order valence-corrected chi connectivity index (χ1v) is 6.34. The molecule has 4 atom stereocenters. The molecule has 4 fully saturated rings. The van der Waals surface area contributed by atoms with E-state index in [1.165, 1.54) is 13.3 Å². The van der Waals surface area contributed by atoms with Crippen LogP contribution in [0.15, 0.2) is 0 Å². The number of ether oxygens (including phenoxy) is 1. The topological polar surface area (TPSA) is 46.5 Å². The van der Waals surface area contributed by atoms with Crippen LogP contribution >= 0.6 is 0 Å². The summed E-state index contributed by atoms with van der Waals surface area (Å²) >= 11 is 0. The summed E-state index contributed by atoms with van der Waals surface area (Å²) in [6, 6.07) is 0. The average Bonchev–Trinajstić information content (AvgIpc) is 2.10. The van der Waals surface area contributed by atoms with Crippen LogP contribution in [0.25, 0.3) is 0 Å². The minimum atomic E-state index is -0.440. The molecule has 2 unspecified atom stereocenters. The van der Waals surface area contributed by atoms with E-state index in [1.807, 2.05) is 0 Å². The number of rotatable bonds is 2. The van der Waals surface area contributed by atoms with Crippen molar-refractivity contribution < 1.29 is 14.6 Å². The van der Waals surface area contributed by atoms with Crippen LogP contribution in [0.5, 0.6) is 0 Å². The van der Waals surface area contributed by atoms with E-state index in [0.717, 1.165) is 32.1 Å². The van der Waals surface area contributed by atoms with Crippen molar-refractivity contribution in [1.29, 1.82) is 0 Å². The van der Waals surface area contributed by atoms with Crippen LogP contribution in [0.1, 0.15) is 45.4 Å². The van der Waals surface area contributed by atoms with E-state index < -0.39 is 5.60 Å². The molecule has 0 heterocycles. The molecular formula is C13H20O3. The van der Waals surface area contributed by atoms with Crippen molar-refractivity contribution in [3.63, 3.8) is 0 Å². The van der Waals surface area contributed by atoms with Crippen molar-refractivity contribution in [1.82, 2.24) is 0 Å². The minimum absolute atomic E-state index is 0.102. The number of esters is 1. The monoisotopic (exact) mass is 224 g/mol. The highest BCUT2D eigenvalue weighted by Crippen LogP contribution is 2.61. The number of aliphatic hydroxyl groups is 1. The zero-order chi connectivity index (χ0) is 11.4. The molecule has 4 aliphatic rings. The highest BCUT2D eigenvalue weighted by atomic mass is 16.5. The van der Waals surface area contributed by atoms with Crippen molar-refractivity contribution in [3.05, 3.63) is 0 Å². The molecule has 0 aromatic rings. The van der Waals surface area contributed by atoms with Crippen LogP contribution in [-0.4, -0.2) is 23.3 Å². The SMILES string of the molecule is CC(=O)OCC12C[C@@H]3C[C@@H](CC(O)(C3)C1)C2. The number of carbonyl (C=O) groups is 1. The predicted octanol–water partition coefficient (Wildman–Crippen LogP) is 1.88. The maximum atomic E-state index is 10.9. The molecule has 0 radical (unpaired) electrons. The largest absolute Gasteiger partial charge is 0.465 e. The maximum absolute atomic E-state index is 10.9. The summed E-state index contributed by atoms with van der Waals surface area (Å²) in [6.45, 7) is 1.99. The third-order valence-electron chi connectivity index (χ3n) is 4.73. The molecule has 4 bridgehead atoms. The predicted molar refractivity (Wildman–Crippen MR) is 58.7 cm³/mol. The van der Waals surface area contributed by atoms with Gasteiger partial charge < -0.3 is 9.84 Å². The molecule has 90 valence electrons. The number of carbonyl (C=O) groups excluding carboxylic acids is 1. The molecule has 0 aliphatic heterocycles. The van der Waals surface area contributed by atoms with E-state index in [9.17, 15) is 9.90 Å². The fourth-order valence-corrected chi connectivity index (χ4v) is 4.83. The molecule has 0 aromatic carbocycles. The zero-order valence-corrected chi connectivity index (χ0v) is 9.87. The van der Waals surface area contributed by atoms with E-state index in [2.05, 4.69) is 0 Å². The minimum Gasteiger partial charge on any atom is -0.465 e. The summed E-state index contributed by atoms with van der Waals surface area (Å²) in [6.07, 6.45) is 6.39. The first-order chi connectivity index (χ1) is 7.49. The third-order valence-corrected chi connectivity index (χ3v) is 4.73. The van der Waals surface area contributed by atoms with Crippen LogP contribution in [0.3, 0.4) is 0 Å². The molecule has 16 heavy (non-hydrogen) atoms. The highest BCUT2D eigenvalue weighted by molar-refractivity contribution is 5.65. The fraction of sp³-hybridized carbons (Fsp3) is 0.923. The van der Waals surface area contributed by atoms with E-state index in [-0.39, 0.29) is 11.4 Å². The molecule has 0 spiro atoms. The molecule has 4 saturated carbocycles. The molecular weight excluding hydrogens is 204 g/mol. The van der Waals surface area contributed by atoms with Gasteiger partial charge in [-0.2, -0.15) is 0 Å². The Hall–Kier alpha value is -0.570. The van der Waals surface area contributed by atoms with E-state index in [4.69, 9.17) is 4.74 Å². The Morgan fingerprint density at radius 2 is 1.94 bits per heavy atom. The Bertz CT molecular complexity index is 309. The van der Waals surface area contributed by atoms with Gasteiger partial charge in [-0.05, 0) is 50.4 Å². The quantitative estimate of drug-likeness (QED) is 0.728. The molecule has 3 nitrogen and oxygen atoms in total.